The van der Waals surface area contributed by atoms with Gasteiger partial charge in [-0.1, -0.05) is 86.3 Å². The molecule has 4 aliphatic rings. The Bertz CT molecular complexity index is 1330. The van der Waals surface area contributed by atoms with Gasteiger partial charge in [0.25, 0.3) is 0 Å². The van der Waals surface area contributed by atoms with Gasteiger partial charge in [-0.3, -0.25) is 4.67 Å². The van der Waals surface area contributed by atoms with Crippen molar-refractivity contribution in [3.63, 3.8) is 0 Å². The van der Waals surface area contributed by atoms with Crippen molar-refractivity contribution in [2.24, 2.45) is 0 Å². The van der Waals surface area contributed by atoms with E-state index in [2.05, 4.69) is 101 Å². The largest absolute Gasteiger partial charge is 0.378 e. The predicted molar refractivity (Wildman–Crippen MR) is 183 cm³/mol. The molecule has 2 aromatic carbocycles. The summed E-state index contributed by atoms with van der Waals surface area (Å²) in [6.07, 6.45) is 6.74. The van der Waals surface area contributed by atoms with Crippen molar-refractivity contribution in [3.8, 4) is 0 Å². The smallest absolute Gasteiger partial charge is 0.0672 e. The van der Waals surface area contributed by atoms with E-state index in [9.17, 15) is 0 Å². The van der Waals surface area contributed by atoms with Crippen molar-refractivity contribution in [2.75, 3.05) is 65.7 Å². The van der Waals surface area contributed by atoms with Crippen LogP contribution in [0.1, 0.15) is 50.7 Å². The lowest BCUT2D eigenvalue weighted by Crippen LogP contribution is -2.37. The van der Waals surface area contributed by atoms with Crippen LogP contribution in [0.4, 0.5) is 0 Å². The van der Waals surface area contributed by atoms with Gasteiger partial charge >= 0.3 is 0 Å². The van der Waals surface area contributed by atoms with Gasteiger partial charge in [0, 0.05) is 61.3 Å². The van der Waals surface area contributed by atoms with Gasteiger partial charge < -0.3 is 19.3 Å². The SMILES string of the molecule is CCN(CC)P(=S)(C1=C(N2CCOCC2)C(=Cc2ccccc2)CC1)C1=C(N2CCOCC2)C(=Cc2ccccc2)CC1. The minimum atomic E-state index is -2.28. The third kappa shape index (κ3) is 6.36. The summed E-state index contributed by atoms with van der Waals surface area (Å²) in [4.78, 5) is 5.21. The van der Waals surface area contributed by atoms with E-state index < -0.39 is 6.19 Å². The second kappa shape index (κ2) is 14.1. The van der Waals surface area contributed by atoms with Gasteiger partial charge in [-0.25, -0.2) is 0 Å². The summed E-state index contributed by atoms with van der Waals surface area (Å²) in [6, 6.07) is 21.6. The molecule has 0 unspecified atom stereocenters. The number of allylic oxidation sites excluding steroid dienone is 4. The molecule has 7 heteroatoms. The van der Waals surface area contributed by atoms with Crippen LogP contribution in [0.15, 0.2) is 93.8 Å². The first-order valence-corrected chi connectivity index (χ1v) is 18.9. The van der Waals surface area contributed by atoms with E-state index in [4.69, 9.17) is 21.3 Å². The third-order valence-electron chi connectivity index (χ3n) is 9.21. The second-order valence-electron chi connectivity index (χ2n) is 11.7. The first-order chi connectivity index (χ1) is 21.1. The highest BCUT2D eigenvalue weighted by molar-refractivity contribution is 8.17. The molecule has 0 bridgehead atoms. The molecule has 2 fully saturated rings. The summed E-state index contributed by atoms with van der Waals surface area (Å²) in [5.41, 5.74) is 8.27. The van der Waals surface area contributed by atoms with Crippen molar-refractivity contribution in [1.29, 1.82) is 0 Å². The van der Waals surface area contributed by atoms with Crippen molar-refractivity contribution in [2.45, 2.75) is 39.5 Å². The molecule has 0 N–H and O–H groups in total. The van der Waals surface area contributed by atoms with Crippen LogP contribution in [-0.4, -0.2) is 80.2 Å². The number of hydrogen-bond acceptors (Lipinski definition) is 5. The van der Waals surface area contributed by atoms with Crippen molar-refractivity contribution >= 4 is 30.1 Å². The molecule has 0 radical (unpaired) electrons. The number of ether oxygens (including phenoxy) is 2. The van der Waals surface area contributed by atoms with E-state index in [0.717, 1.165) is 91.4 Å². The van der Waals surface area contributed by atoms with Crippen molar-refractivity contribution < 1.29 is 9.47 Å². The summed E-state index contributed by atoms with van der Waals surface area (Å²) < 4.78 is 14.4. The number of nitrogens with zero attached hydrogens (tertiary/aromatic N) is 3. The fourth-order valence-corrected chi connectivity index (χ4v) is 12.7. The molecule has 2 heterocycles. The zero-order valence-electron chi connectivity index (χ0n) is 25.8. The van der Waals surface area contributed by atoms with Crippen LogP contribution in [0, 0.1) is 0 Å². The molecule has 0 aromatic heterocycles. The number of hydrogen-bond donors (Lipinski definition) is 0. The zero-order chi connectivity index (χ0) is 29.6. The number of morpholine rings is 2. The molecule has 228 valence electrons. The molecule has 2 saturated heterocycles. The molecular weight excluding hydrogens is 569 g/mol. The lowest BCUT2D eigenvalue weighted by atomic mass is 10.1. The minimum Gasteiger partial charge on any atom is -0.378 e. The average Bonchev–Trinajstić information content (AvgIpc) is 3.68. The normalized spacial score (nSPS) is 23.2. The molecule has 5 nitrogen and oxygen atoms in total. The topological polar surface area (TPSA) is 28.2 Å². The average molecular weight is 616 g/mol. The monoisotopic (exact) mass is 615 g/mol. The van der Waals surface area contributed by atoms with E-state index in [1.165, 1.54) is 44.3 Å². The van der Waals surface area contributed by atoms with Crippen LogP contribution in [0.5, 0.6) is 0 Å². The summed E-state index contributed by atoms with van der Waals surface area (Å²) in [7, 11) is 0. The minimum absolute atomic E-state index is 0.773. The molecule has 6 rings (SSSR count). The van der Waals surface area contributed by atoms with Crippen LogP contribution < -0.4 is 0 Å². The second-order valence-corrected chi connectivity index (χ2v) is 16.0. The molecule has 0 amide bonds. The van der Waals surface area contributed by atoms with Gasteiger partial charge in [0.2, 0.25) is 0 Å². The fourth-order valence-electron chi connectivity index (χ4n) is 7.19. The van der Waals surface area contributed by atoms with E-state index in [0.29, 0.717) is 0 Å². The molecule has 43 heavy (non-hydrogen) atoms. The molecule has 2 aliphatic carbocycles. The maximum absolute atomic E-state index is 7.22. The molecule has 0 spiro atoms. The van der Waals surface area contributed by atoms with E-state index >= 15 is 0 Å². The Hall–Kier alpha value is -2.47. The molecule has 2 aliphatic heterocycles. The molecule has 0 saturated carbocycles. The summed E-state index contributed by atoms with van der Waals surface area (Å²) in [6.45, 7) is 13.3. The predicted octanol–water partition coefficient (Wildman–Crippen LogP) is 7.57. The van der Waals surface area contributed by atoms with Crippen LogP contribution in [0.3, 0.4) is 0 Å². The Morgan fingerprint density at radius 2 is 1.05 bits per heavy atom. The molecule has 2 aromatic rings. The molecular formula is C36H46N3O2PS. The third-order valence-corrected chi connectivity index (χ3v) is 14.9. The standard InChI is InChI=1S/C36H46N3O2PS/c1-3-39(4-2)42(43,33-17-15-31(27-29-11-7-5-8-12-29)35(33)37-19-23-40-24-20-37)34-18-16-32(28-30-13-9-6-10-14-30)36(34)38-21-25-41-26-22-38/h5-14,27-28H,3-4,15-26H2,1-2H3. The zero-order valence-corrected chi connectivity index (χ0v) is 27.6. The Balaban J connectivity index is 1.57. The van der Waals surface area contributed by atoms with E-state index in [1.807, 2.05) is 0 Å². The van der Waals surface area contributed by atoms with Gasteiger partial charge in [0.15, 0.2) is 0 Å². The van der Waals surface area contributed by atoms with Gasteiger partial charge in [0.1, 0.15) is 0 Å². The lowest BCUT2D eigenvalue weighted by molar-refractivity contribution is 0.0547. The Labute approximate surface area is 263 Å². The Morgan fingerprint density at radius 1 is 0.651 bits per heavy atom. The highest BCUT2D eigenvalue weighted by Crippen LogP contribution is 2.72. The number of benzene rings is 2. The molecule has 0 atom stereocenters. The van der Waals surface area contributed by atoms with Gasteiger partial charge in [0.05, 0.1) is 32.6 Å². The van der Waals surface area contributed by atoms with Crippen molar-refractivity contribution in [1.82, 2.24) is 14.5 Å². The Morgan fingerprint density at radius 3 is 1.42 bits per heavy atom. The maximum Gasteiger partial charge on any atom is 0.0672 e. The van der Waals surface area contributed by atoms with Gasteiger partial charge in [-0.2, -0.15) is 0 Å². The van der Waals surface area contributed by atoms with Crippen LogP contribution in [-0.2, 0) is 21.3 Å². The Kier molecular flexibility index (Phi) is 10.0. The first-order valence-electron chi connectivity index (χ1n) is 16.1. The quantitative estimate of drug-likeness (QED) is 0.270. The van der Waals surface area contributed by atoms with Crippen LogP contribution in [0.2, 0.25) is 0 Å². The first kappa shape index (κ1) is 30.6. The summed E-state index contributed by atoms with van der Waals surface area (Å²) >= 11 is 7.22. The van der Waals surface area contributed by atoms with E-state index in [-0.39, 0.29) is 0 Å². The van der Waals surface area contributed by atoms with Gasteiger partial charge in [-0.05, 0) is 60.1 Å². The van der Waals surface area contributed by atoms with Crippen molar-refractivity contribution in [3.05, 3.63) is 105 Å². The lowest BCUT2D eigenvalue weighted by Gasteiger charge is -2.41. The summed E-state index contributed by atoms with van der Waals surface area (Å²) in [5, 5.41) is 3.05. The number of rotatable bonds is 9. The van der Waals surface area contributed by atoms with Crippen LogP contribution in [0.25, 0.3) is 12.2 Å². The summed E-state index contributed by atoms with van der Waals surface area (Å²) in [5.74, 6) is 0. The highest BCUT2D eigenvalue weighted by atomic mass is 32.4. The van der Waals surface area contributed by atoms with Crippen LogP contribution >= 0.6 is 6.19 Å². The van der Waals surface area contributed by atoms with E-state index in [1.54, 1.807) is 0 Å². The van der Waals surface area contributed by atoms with Gasteiger partial charge in [-0.15, -0.1) is 0 Å². The fraction of sp³-hybridized carbons (Fsp3) is 0.444. The maximum atomic E-state index is 7.22. The highest BCUT2D eigenvalue weighted by Gasteiger charge is 2.43.